The summed E-state index contributed by atoms with van der Waals surface area (Å²) in [5.41, 5.74) is 0. The molecule has 6 nitrogen and oxygen atoms in total. The second kappa shape index (κ2) is 5.63. The summed E-state index contributed by atoms with van der Waals surface area (Å²) >= 11 is 5.69. The van der Waals surface area contributed by atoms with Crippen LogP contribution in [0.1, 0.15) is 0 Å². The number of benzene rings is 1. The molecule has 2 rings (SSSR count). The van der Waals surface area contributed by atoms with Crippen LogP contribution < -0.4 is 9.46 Å². The Balaban J connectivity index is 2.26. The first kappa shape index (κ1) is 14.5. The van der Waals surface area contributed by atoms with Crippen LogP contribution in [0, 0.1) is 0 Å². The number of hydrogen-bond acceptors (Lipinski definition) is 4. The van der Waals surface area contributed by atoms with Crippen LogP contribution in [0.2, 0.25) is 5.02 Å². The third kappa shape index (κ3) is 3.36. The van der Waals surface area contributed by atoms with Gasteiger partial charge in [0.2, 0.25) is 5.95 Å². The Morgan fingerprint density at radius 3 is 2.70 bits per heavy atom. The summed E-state index contributed by atoms with van der Waals surface area (Å²) in [5.74, 6) is -0.285. The number of aromatic nitrogens is 2. The quantitative estimate of drug-likeness (QED) is 0.885. The molecule has 1 heterocycles. The summed E-state index contributed by atoms with van der Waals surface area (Å²) in [6.45, 7) is -3.05. The van der Waals surface area contributed by atoms with E-state index in [2.05, 4.69) is 19.4 Å². The monoisotopic (exact) mass is 323 g/mol. The first-order valence-electron chi connectivity index (χ1n) is 5.15. The first-order valence-corrected chi connectivity index (χ1v) is 7.01. The number of ether oxygens (including phenoxy) is 1. The fraction of sp³-hybridized carbons (Fsp3) is 0.100. The fourth-order valence-corrected chi connectivity index (χ4v) is 2.64. The molecule has 0 saturated carbocycles. The molecule has 0 unspecified atom stereocenters. The smallest absolute Gasteiger partial charge is 0.387 e. The maximum absolute atomic E-state index is 12.1. The number of rotatable bonds is 5. The molecule has 0 amide bonds. The zero-order valence-electron chi connectivity index (χ0n) is 9.68. The molecule has 108 valence electrons. The largest absolute Gasteiger partial charge is 0.433 e. The minimum Gasteiger partial charge on any atom is -0.433 e. The average Bonchev–Trinajstić information content (AvgIpc) is 2.83. The molecule has 1 aromatic carbocycles. The van der Waals surface area contributed by atoms with Gasteiger partial charge in [-0.1, -0.05) is 11.6 Å². The van der Waals surface area contributed by atoms with E-state index in [1.165, 1.54) is 12.4 Å². The van der Waals surface area contributed by atoms with Gasteiger partial charge in [-0.3, -0.25) is 0 Å². The van der Waals surface area contributed by atoms with Gasteiger partial charge >= 0.3 is 6.61 Å². The number of anilines is 1. The highest BCUT2D eigenvalue weighted by Gasteiger charge is 2.18. The van der Waals surface area contributed by atoms with Crippen molar-refractivity contribution in [3.8, 4) is 5.75 Å². The number of hydrogen-bond donors (Lipinski definition) is 2. The number of halogens is 3. The molecule has 10 heteroatoms. The number of nitrogens with one attached hydrogen (secondary N) is 2. The molecule has 2 N–H and O–H groups in total. The lowest BCUT2D eigenvalue weighted by Crippen LogP contribution is -2.14. The van der Waals surface area contributed by atoms with Crippen molar-refractivity contribution >= 4 is 27.6 Å². The predicted molar refractivity (Wildman–Crippen MR) is 67.5 cm³/mol. The third-order valence-corrected chi connectivity index (χ3v) is 3.79. The van der Waals surface area contributed by atoms with Crippen LogP contribution in [0.5, 0.6) is 5.75 Å². The van der Waals surface area contributed by atoms with E-state index >= 15 is 0 Å². The van der Waals surface area contributed by atoms with Gasteiger partial charge in [0.1, 0.15) is 5.75 Å². The van der Waals surface area contributed by atoms with Crippen molar-refractivity contribution in [1.29, 1.82) is 0 Å². The lowest BCUT2D eigenvalue weighted by Gasteiger charge is -2.09. The highest BCUT2D eigenvalue weighted by atomic mass is 35.5. The summed E-state index contributed by atoms with van der Waals surface area (Å²) in [6.07, 6.45) is 2.80. The van der Waals surface area contributed by atoms with Crippen molar-refractivity contribution in [3.05, 3.63) is 35.6 Å². The van der Waals surface area contributed by atoms with Gasteiger partial charge in [0.25, 0.3) is 10.0 Å². The summed E-state index contributed by atoms with van der Waals surface area (Å²) < 4.78 is 54.3. The lowest BCUT2D eigenvalue weighted by atomic mass is 10.3. The van der Waals surface area contributed by atoms with Gasteiger partial charge in [-0.2, -0.15) is 8.78 Å². The molecule has 0 radical (unpaired) electrons. The van der Waals surface area contributed by atoms with Crippen molar-refractivity contribution in [2.75, 3.05) is 4.72 Å². The van der Waals surface area contributed by atoms with Crippen LogP contribution in [0.3, 0.4) is 0 Å². The zero-order chi connectivity index (χ0) is 14.8. The molecule has 0 atom stereocenters. The van der Waals surface area contributed by atoms with Gasteiger partial charge in [-0.05, 0) is 18.2 Å². The minimum absolute atomic E-state index is 0.0222. The summed E-state index contributed by atoms with van der Waals surface area (Å²) in [5, 5.41) is -0.243. The van der Waals surface area contributed by atoms with Crippen LogP contribution in [0.4, 0.5) is 14.7 Å². The normalized spacial score (nSPS) is 11.6. The summed E-state index contributed by atoms with van der Waals surface area (Å²) in [7, 11) is -3.92. The molecule has 1 aromatic heterocycles. The van der Waals surface area contributed by atoms with E-state index in [0.717, 1.165) is 18.2 Å². The fourth-order valence-electron chi connectivity index (χ4n) is 1.35. The zero-order valence-corrected chi connectivity index (χ0v) is 11.3. The number of alkyl halides is 2. The number of nitrogens with zero attached hydrogens (tertiary/aromatic N) is 1. The molecule has 0 fully saturated rings. The van der Waals surface area contributed by atoms with E-state index in [1.807, 2.05) is 0 Å². The number of H-pyrrole nitrogens is 1. The van der Waals surface area contributed by atoms with Crippen molar-refractivity contribution in [3.63, 3.8) is 0 Å². The Morgan fingerprint density at radius 2 is 2.15 bits per heavy atom. The Morgan fingerprint density at radius 1 is 1.40 bits per heavy atom. The first-order chi connectivity index (χ1) is 9.38. The summed E-state index contributed by atoms with van der Waals surface area (Å²) in [4.78, 5) is 6.05. The van der Waals surface area contributed by atoms with Crippen molar-refractivity contribution in [1.82, 2.24) is 9.97 Å². The Hall–Kier alpha value is -1.87. The van der Waals surface area contributed by atoms with E-state index in [0.29, 0.717) is 0 Å². The molecule has 20 heavy (non-hydrogen) atoms. The molecule has 0 spiro atoms. The molecular weight excluding hydrogens is 316 g/mol. The Bertz CT molecular complexity index is 692. The standard InChI is InChI=1S/C10H8ClF2N3O3S/c11-7-5-6(1-2-8(7)19-9(12)13)20(17,18)16-10-14-3-4-15-10/h1-5,9H,(H2,14,15,16). The maximum atomic E-state index is 12.1. The van der Waals surface area contributed by atoms with Crippen LogP contribution in [0.25, 0.3) is 0 Å². The van der Waals surface area contributed by atoms with Gasteiger partial charge in [0, 0.05) is 12.4 Å². The van der Waals surface area contributed by atoms with Gasteiger partial charge in [-0.25, -0.2) is 18.1 Å². The SMILES string of the molecule is O=S(=O)(Nc1ncc[nH]1)c1ccc(OC(F)F)c(Cl)c1. The van der Waals surface area contributed by atoms with Crippen LogP contribution in [-0.2, 0) is 10.0 Å². The van der Waals surface area contributed by atoms with Crippen molar-refractivity contribution in [2.45, 2.75) is 11.5 Å². The van der Waals surface area contributed by atoms with Gasteiger partial charge in [-0.15, -0.1) is 0 Å². The van der Waals surface area contributed by atoms with E-state index < -0.39 is 16.6 Å². The van der Waals surface area contributed by atoms with Crippen LogP contribution in [0.15, 0.2) is 35.5 Å². The van der Waals surface area contributed by atoms with Crippen LogP contribution >= 0.6 is 11.6 Å². The maximum Gasteiger partial charge on any atom is 0.387 e. The van der Waals surface area contributed by atoms with E-state index in [4.69, 9.17) is 11.6 Å². The number of aromatic amines is 1. The molecule has 0 aliphatic rings. The minimum atomic E-state index is -3.92. The topological polar surface area (TPSA) is 84.1 Å². The highest BCUT2D eigenvalue weighted by Crippen LogP contribution is 2.29. The number of sulfonamides is 1. The molecule has 0 bridgehead atoms. The average molecular weight is 324 g/mol. The molecule has 0 aliphatic carbocycles. The van der Waals surface area contributed by atoms with E-state index in [9.17, 15) is 17.2 Å². The Labute approximate surface area is 117 Å². The highest BCUT2D eigenvalue weighted by molar-refractivity contribution is 7.92. The van der Waals surface area contributed by atoms with Crippen LogP contribution in [-0.4, -0.2) is 25.0 Å². The molecule has 0 aliphatic heterocycles. The van der Waals surface area contributed by atoms with Crippen molar-refractivity contribution < 1.29 is 21.9 Å². The molecular formula is C10H8ClF2N3O3S. The predicted octanol–water partition coefficient (Wildman–Crippen LogP) is 2.47. The molecule has 0 saturated heterocycles. The third-order valence-electron chi connectivity index (χ3n) is 2.16. The second-order valence-corrected chi connectivity index (χ2v) is 5.60. The van der Waals surface area contributed by atoms with Crippen molar-refractivity contribution in [2.24, 2.45) is 0 Å². The Kier molecular flexibility index (Phi) is 4.09. The van der Waals surface area contributed by atoms with Gasteiger partial charge in [0.15, 0.2) is 0 Å². The molecule has 2 aromatic rings. The van der Waals surface area contributed by atoms with Gasteiger partial charge < -0.3 is 9.72 Å². The summed E-state index contributed by atoms with van der Waals surface area (Å²) in [6, 6.07) is 3.14. The van der Waals surface area contributed by atoms with Gasteiger partial charge in [0.05, 0.1) is 9.92 Å². The number of imidazole rings is 1. The van der Waals surface area contributed by atoms with E-state index in [-0.39, 0.29) is 21.6 Å². The van der Waals surface area contributed by atoms with E-state index in [1.54, 1.807) is 0 Å². The lowest BCUT2D eigenvalue weighted by molar-refractivity contribution is -0.0498. The second-order valence-electron chi connectivity index (χ2n) is 3.51.